The Morgan fingerprint density at radius 1 is 1.32 bits per heavy atom. The van der Waals surface area contributed by atoms with Crippen LogP contribution in [0.5, 0.6) is 0 Å². The molecule has 3 aromatic heterocycles. The molecule has 1 aliphatic heterocycles. The quantitative estimate of drug-likeness (QED) is 0.643. The topological polar surface area (TPSA) is 67.5 Å². The number of carbonyl (C=O) groups is 2. The van der Waals surface area contributed by atoms with Gasteiger partial charge in [0.05, 0.1) is 29.6 Å². The third kappa shape index (κ3) is 3.30. The van der Waals surface area contributed by atoms with Crippen molar-refractivity contribution in [3.8, 4) is 0 Å². The lowest BCUT2D eigenvalue weighted by Crippen LogP contribution is -2.65. The highest BCUT2D eigenvalue weighted by Gasteiger charge is 2.49. The van der Waals surface area contributed by atoms with E-state index in [-0.39, 0.29) is 24.4 Å². The van der Waals surface area contributed by atoms with E-state index >= 15 is 0 Å². The monoisotopic (exact) mass is 439 g/mol. The second-order valence-electron chi connectivity index (χ2n) is 9.38. The van der Waals surface area contributed by atoms with Crippen LogP contribution in [-0.2, 0) is 17.9 Å². The number of carbonyl (C=O) groups excluding carboxylic acids is 2. The highest BCUT2D eigenvalue weighted by molar-refractivity contribution is 7.17. The molecule has 1 fully saturated rings. The summed E-state index contributed by atoms with van der Waals surface area (Å²) in [5, 5.41) is 5.36. The van der Waals surface area contributed by atoms with Crippen LogP contribution in [0.25, 0.3) is 10.2 Å². The summed E-state index contributed by atoms with van der Waals surface area (Å²) in [4.78, 5) is 29.1. The van der Waals surface area contributed by atoms with Crippen molar-refractivity contribution in [1.82, 2.24) is 14.8 Å². The van der Waals surface area contributed by atoms with Crippen LogP contribution in [0.4, 0.5) is 0 Å². The van der Waals surface area contributed by atoms with Crippen molar-refractivity contribution < 1.29 is 14.0 Å². The average Bonchev–Trinajstić information content (AvgIpc) is 3.47. The molecule has 2 amide bonds. The molecule has 31 heavy (non-hydrogen) atoms. The second kappa shape index (κ2) is 7.55. The summed E-state index contributed by atoms with van der Waals surface area (Å²) in [7, 11) is 0. The van der Waals surface area contributed by atoms with Crippen LogP contribution in [0.1, 0.15) is 56.3 Å². The molecule has 0 bridgehead atoms. The number of amides is 2. The van der Waals surface area contributed by atoms with Gasteiger partial charge in [0.1, 0.15) is 17.0 Å². The Hall–Kier alpha value is -2.54. The number of fused-ring (bicyclic) bond motifs is 3. The summed E-state index contributed by atoms with van der Waals surface area (Å²) in [6.45, 7) is 7.07. The molecule has 2 aliphatic rings. The summed E-state index contributed by atoms with van der Waals surface area (Å²) in [5.74, 6) is 1.47. The Kier molecular flexibility index (Phi) is 4.96. The largest absolute Gasteiger partial charge is 0.467 e. The summed E-state index contributed by atoms with van der Waals surface area (Å²) in [6, 6.07) is 7.77. The highest BCUT2D eigenvalue weighted by Crippen LogP contribution is 2.36. The number of thiophene rings is 1. The van der Waals surface area contributed by atoms with Crippen molar-refractivity contribution in [3.63, 3.8) is 0 Å². The van der Waals surface area contributed by atoms with Crippen molar-refractivity contribution in [2.24, 2.45) is 11.8 Å². The van der Waals surface area contributed by atoms with Crippen LogP contribution in [0, 0.1) is 11.8 Å². The molecule has 0 saturated heterocycles. The molecule has 4 atom stereocenters. The van der Waals surface area contributed by atoms with Gasteiger partial charge < -0.3 is 19.2 Å². The number of furan rings is 1. The highest BCUT2D eigenvalue weighted by atomic mass is 32.1. The van der Waals surface area contributed by atoms with Crippen molar-refractivity contribution in [3.05, 3.63) is 47.4 Å². The molecule has 0 aromatic carbocycles. The third-order valence-corrected chi connectivity index (χ3v) is 8.31. The van der Waals surface area contributed by atoms with Crippen molar-refractivity contribution in [2.75, 3.05) is 0 Å². The number of rotatable bonds is 4. The Balaban J connectivity index is 1.52. The van der Waals surface area contributed by atoms with E-state index in [0.29, 0.717) is 29.8 Å². The first-order chi connectivity index (χ1) is 14.9. The van der Waals surface area contributed by atoms with E-state index in [9.17, 15) is 9.59 Å². The van der Waals surface area contributed by atoms with Gasteiger partial charge in [0.2, 0.25) is 5.91 Å². The molecule has 1 aliphatic carbocycles. The minimum atomic E-state index is -1.01. The fourth-order valence-electron chi connectivity index (χ4n) is 5.19. The zero-order chi connectivity index (χ0) is 21.8. The Labute approximate surface area is 186 Å². The van der Waals surface area contributed by atoms with E-state index in [2.05, 4.69) is 19.2 Å². The van der Waals surface area contributed by atoms with Crippen molar-refractivity contribution >= 4 is 33.4 Å². The predicted molar refractivity (Wildman–Crippen MR) is 121 cm³/mol. The Morgan fingerprint density at radius 3 is 2.94 bits per heavy atom. The second-order valence-corrected chi connectivity index (χ2v) is 10.3. The van der Waals surface area contributed by atoms with E-state index in [1.807, 2.05) is 41.1 Å². The molecule has 4 heterocycles. The minimum absolute atomic E-state index is 0.0823. The Bertz CT molecular complexity index is 1110. The zero-order valence-electron chi connectivity index (χ0n) is 18.3. The summed E-state index contributed by atoms with van der Waals surface area (Å²) in [6.07, 6.45) is 4.92. The molecule has 1 saturated carbocycles. The maximum absolute atomic E-state index is 13.8. The molecule has 0 spiro atoms. The summed E-state index contributed by atoms with van der Waals surface area (Å²) < 4.78 is 8.62. The van der Waals surface area contributed by atoms with Crippen LogP contribution in [-0.4, -0.2) is 32.9 Å². The molecule has 0 radical (unpaired) electrons. The fourth-order valence-corrected chi connectivity index (χ4v) is 6.01. The van der Waals surface area contributed by atoms with Gasteiger partial charge in [0, 0.05) is 6.04 Å². The maximum atomic E-state index is 13.8. The van der Waals surface area contributed by atoms with Crippen LogP contribution >= 0.6 is 11.3 Å². The number of nitrogens with one attached hydrogen (secondary N) is 1. The first-order valence-corrected chi connectivity index (χ1v) is 12.0. The summed E-state index contributed by atoms with van der Waals surface area (Å²) in [5.41, 5.74) is 0.647. The first kappa shape index (κ1) is 20.4. The number of hydrogen-bond acceptors (Lipinski definition) is 4. The molecule has 164 valence electrons. The molecule has 6 nitrogen and oxygen atoms in total. The molecule has 3 aromatic rings. The van der Waals surface area contributed by atoms with Crippen molar-refractivity contribution in [2.45, 2.75) is 64.7 Å². The van der Waals surface area contributed by atoms with E-state index in [0.717, 1.165) is 23.1 Å². The van der Waals surface area contributed by atoms with Gasteiger partial charge in [-0.15, -0.1) is 11.3 Å². The van der Waals surface area contributed by atoms with Gasteiger partial charge in [-0.3, -0.25) is 9.59 Å². The van der Waals surface area contributed by atoms with E-state index in [1.165, 1.54) is 6.42 Å². The van der Waals surface area contributed by atoms with Crippen molar-refractivity contribution in [1.29, 1.82) is 0 Å². The molecule has 5 rings (SSSR count). The lowest BCUT2D eigenvalue weighted by molar-refractivity contribution is -0.134. The average molecular weight is 440 g/mol. The van der Waals surface area contributed by atoms with Crippen LogP contribution < -0.4 is 5.32 Å². The van der Waals surface area contributed by atoms with E-state index < -0.39 is 5.54 Å². The smallest absolute Gasteiger partial charge is 0.271 e. The number of hydrogen-bond donors (Lipinski definition) is 1. The summed E-state index contributed by atoms with van der Waals surface area (Å²) >= 11 is 1.62. The first-order valence-electron chi connectivity index (χ1n) is 11.1. The standard InChI is InChI=1S/C24H29N3O3S/c1-15-6-4-8-18(16(15)2)25-23(29)24(3)14-26-19-9-11-31-21(19)12-20(26)22(28)27(24)13-17-7-5-10-30-17/h5,7,9-12,15-16,18H,4,6,8,13-14H2,1-3H3,(H,25,29)/t15-,16+,18+,24-/m1/s1. The lowest BCUT2D eigenvalue weighted by atomic mass is 9.77. The van der Waals surface area contributed by atoms with E-state index in [1.54, 1.807) is 22.5 Å². The molecule has 1 N–H and O–H groups in total. The van der Waals surface area contributed by atoms with Gasteiger partial charge in [-0.05, 0) is 54.8 Å². The molecule has 7 heteroatoms. The molecular weight excluding hydrogens is 410 g/mol. The third-order valence-electron chi connectivity index (χ3n) is 7.46. The number of aromatic nitrogens is 1. The zero-order valence-corrected chi connectivity index (χ0v) is 19.1. The van der Waals surface area contributed by atoms with Crippen LogP contribution in [0.15, 0.2) is 40.3 Å². The van der Waals surface area contributed by atoms with Gasteiger partial charge in [-0.2, -0.15) is 0 Å². The van der Waals surface area contributed by atoms with E-state index in [4.69, 9.17) is 4.42 Å². The van der Waals surface area contributed by atoms with Gasteiger partial charge in [0.25, 0.3) is 5.91 Å². The minimum Gasteiger partial charge on any atom is -0.467 e. The van der Waals surface area contributed by atoms with Crippen LogP contribution in [0.2, 0.25) is 0 Å². The van der Waals surface area contributed by atoms with Crippen LogP contribution in [0.3, 0.4) is 0 Å². The normalized spacial score (nSPS) is 28.7. The van der Waals surface area contributed by atoms with Gasteiger partial charge >= 0.3 is 0 Å². The lowest BCUT2D eigenvalue weighted by Gasteiger charge is -2.45. The molecular formula is C24H29N3O3S. The molecule has 0 unspecified atom stereocenters. The fraction of sp³-hybridized carbons (Fsp3) is 0.500. The predicted octanol–water partition coefficient (Wildman–Crippen LogP) is 4.65. The SMILES string of the molecule is C[C@H]1[C@H](C)CCC[C@@H]1NC(=O)[C@@]1(C)Cn2c(cc3sccc32)C(=O)N1Cc1ccco1. The van der Waals surface area contributed by atoms with Gasteiger partial charge in [0.15, 0.2) is 0 Å². The Morgan fingerprint density at radius 2 is 2.16 bits per heavy atom. The maximum Gasteiger partial charge on any atom is 0.271 e. The van der Waals surface area contributed by atoms with Gasteiger partial charge in [-0.1, -0.05) is 26.7 Å². The number of nitrogens with zero attached hydrogens (tertiary/aromatic N) is 2. The van der Waals surface area contributed by atoms with Gasteiger partial charge in [-0.25, -0.2) is 0 Å².